The number of ether oxygens (including phenoxy) is 1. The number of nitrogens with zero attached hydrogens (tertiary/aromatic N) is 2. The summed E-state index contributed by atoms with van der Waals surface area (Å²) in [5.41, 5.74) is 1.20. The molecule has 1 saturated heterocycles. The second-order valence-corrected chi connectivity index (χ2v) is 8.95. The number of anilines is 1. The number of nitrogens with one attached hydrogen (secondary N) is 2. The summed E-state index contributed by atoms with van der Waals surface area (Å²) in [5.74, 6) is 2.15. The molecule has 164 valence electrons. The molecular formula is C24H30N4O2S. The maximum atomic E-state index is 10.6. The zero-order chi connectivity index (χ0) is 21.6. The fourth-order valence-electron chi connectivity index (χ4n) is 3.96. The molecule has 2 heterocycles. The molecule has 2 aromatic carbocycles. The Labute approximate surface area is 187 Å². The van der Waals surface area contributed by atoms with Gasteiger partial charge in [-0.2, -0.15) is 0 Å². The average molecular weight is 439 g/mol. The standard InChI is InChI=1S/C24H30N4O2S/c1-25-24(27-15-21(29)23-12-18-6-3-4-9-22(18)31-23)26-14-17-10-11-28(16-17)19-7-5-8-20(13-19)30-2/h3-9,12-13,17,21,29H,10-11,14-16H2,1-2H3,(H2,25,26,27). The second kappa shape index (κ2) is 10.0. The summed E-state index contributed by atoms with van der Waals surface area (Å²) in [6.45, 7) is 3.31. The van der Waals surface area contributed by atoms with Crippen LogP contribution in [0.4, 0.5) is 5.69 Å². The molecule has 4 rings (SSSR count). The Kier molecular flexibility index (Phi) is 6.94. The monoisotopic (exact) mass is 438 g/mol. The zero-order valence-electron chi connectivity index (χ0n) is 18.0. The molecule has 0 amide bonds. The number of benzene rings is 2. The van der Waals surface area contributed by atoms with Crippen LogP contribution in [0.5, 0.6) is 5.75 Å². The lowest BCUT2D eigenvalue weighted by Crippen LogP contribution is -2.41. The van der Waals surface area contributed by atoms with Crippen LogP contribution in [-0.4, -0.2) is 51.4 Å². The zero-order valence-corrected chi connectivity index (χ0v) is 18.9. The molecule has 7 heteroatoms. The van der Waals surface area contributed by atoms with Crippen LogP contribution in [0.15, 0.2) is 59.6 Å². The Morgan fingerprint density at radius 3 is 2.90 bits per heavy atom. The fourth-order valence-corrected chi connectivity index (χ4v) is 5.01. The largest absolute Gasteiger partial charge is 0.497 e. The molecule has 1 aliphatic rings. The third-order valence-electron chi connectivity index (χ3n) is 5.72. The summed E-state index contributed by atoms with van der Waals surface area (Å²) in [7, 11) is 3.46. The maximum Gasteiger partial charge on any atom is 0.191 e. The van der Waals surface area contributed by atoms with Crippen molar-refractivity contribution in [2.75, 3.05) is 45.2 Å². The smallest absolute Gasteiger partial charge is 0.191 e. The van der Waals surface area contributed by atoms with E-state index >= 15 is 0 Å². The number of guanidine groups is 1. The van der Waals surface area contributed by atoms with Crippen LogP contribution in [0.3, 0.4) is 0 Å². The van der Waals surface area contributed by atoms with Crippen molar-refractivity contribution in [3.63, 3.8) is 0 Å². The Morgan fingerprint density at radius 1 is 1.23 bits per heavy atom. The van der Waals surface area contributed by atoms with Gasteiger partial charge in [-0.05, 0) is 42.0 Å². The number of fused-ring (bicyclic) bond motifs is 1. The van der Waals surface area contributed by atoms with Crippen molar-refractivity contribution in [2.24, 2.45) is 10.9 Å². The van der Waals surface area contributed by atoms with E-state index in [0.717, 1.165) is 42.6 Å². The molecule has 1 aliphatic heterocycles. The SMILES string of the molecule is CN=C(NCC1CCN(c2cccc(OC)c2)C1)NCC(O)c1cc2ccccc2s1. The number of aliphatic hydroxyl groups excluding tert-OH is 1. The topological polar surface area (TPSA) is 69.1 Å². The van der Waals surface area contributed by atoms with E-state index in [1.54, 1.807) is 25.5 Å². The van der Waals surface area contributed by atoms with Crippen molar-refractivity contribution in [2.45, 2.75) is 12.5 Å². The first kappa shape index (κ1) is 21.5. The normalized spacial score (nSPS) is 17.7. The molecule has 1 fully saturated rings. The first-order valence-corrected chi connectivity index (χ1v) is 11.5. The Morgan fingerprint density at radius 2 is 2.10 bits per heavy atom. The molecule has 0 aliphatic carbocycles. The number of methoxy groups -OCH3 is 1. The third-order valence-corrected chi connectivity index (χ3v) is 6.94. The van der Waals surface area contributed by atoms with Crippen LogP contribution in [0.2, 0.25) is 0 Å². The van der Waals surface area contributed by atoms with Gasteiger partial charge in [-0.15, -0.1) is 11.3 Å². The third kappa shape index (κ3) is 5.29. The van der Waals surface area contributed by atoms with E-state index < -0.39 is 6.10 Å². The predicted octanol–water partition coefficient (Wildman–Crippen LogP) is 3.63. The van der Waals surface area contributed by atoms with Crippen molar-refractivity contribution in [1.29, 1.82) is 0 Å². The van der Waals surface area contributed by atoms with Crippen LogP contribution in [0, 0.1) is 5.92 Å². The van der Waals surface area contributed by atoms with Gasteiger partial charge < -0.3 is 25.4 Å². The van der Waals surface area contributed by atoms with Crippen molar-refractivity contribution in [1.82, 2.24) is 10.6 Å². The van der Waals surface area contributed by atoms with E-state index in [4.69, 9.17) is 4.74 Å². The van der Waals surface area contributed by atoms with E-state index in [-0.39, 0.29) is 0 Å². The minimum absolute atomic E-state index is 0.424. The van der Waals surface area contributed by atoms with Gasteiger partial charge in [0.1, 0.15) is 11.9 Å². The van der Waals surface area contributed by atoms with Gasteiger partial charge in [-0.25, -0.2) is 0 Å². The molecule has 2 unspecified atom stereocenters. The van der Waals surface area contributed by atoms with Gasteiger partial charge >= 0.3 is 0 Å². The van der Waals surface area contributed by atoms with Gasteiger partial charge in [0, 0.05) is 54.6 Å². The predicted molar refractivity (Wildman–Crippen MR) is 129 cm³/mol. The van der Waals surface area contributed by atoms with E-state index in [1.165, 1.54) is 15.8 Å². The van der Waals surface area contributed by atoms with Gasteiger partial charge in [0.2, 0.25) is 0 Å². The Hall–Kier alpha value is -2.77. The average Bonchev–Trinajstić information content (AvgIpc) is 3.46. The summed E-state index contributed by atoms with van der Waals surface area (Å²) >= 11 is 1.63. The minimum Gasteiger partial charge on any atom is -0.497 e. The molecular weight excluding hydrogens is 408 g/mol. The summed E-state index contributed by atoms with van der Waals surface area (Å²) in [6.07, 6.45) is 0.567. The quantitative estimate of drug-likeness (QED) is 0.388. The molecule has 0 bridgehead atoms. The van der Waals surface area contributed by atoms with E-state index in [1.807, 2.05) is 24.3 Å². The van der Waals surface area contributed by atoms with Crippen molar-refractivity contribution >= 4 is 33.1 Å². The molecule has 3 aromatic rings. The van der Waals surface area contributed by atoms with E-state index in [0.29, 0.717) is 12.5 Å². The first-order chi connectivity index (χ1) is 15.2. The molecule has 0 saturated carbocycles. The molecule has 6 nitrogen and oxygen atoms in total. The van der Waals surface area contributed by atoms with Crippen LogP contribution in [0.1, 0.15) is 17.4 Å². The number of aliphatic imine (C=N–C) groups is 1. The van der Waals surface area contributed by atoms with Gasteiger partial charge in [0.05, 0.1) is 7.11 Å². The highest BCUT2D eigenvalue weighted by Crippen LogP contribution is 2.29. The van der Waals surface area contributed by atoms with Crippen LogP contribution >= 0.6 is 11.3 Å². The van der Waals surface area contributed by atoms with Crippen molar-refractivity contribution in [3.05, 3.63) is 59.5 Å². The fraction of sp³-hybridized carbons (Fsp3) is 0.375. The molecule has 0 radical (unpaired) electrons. The Balaban J connectivity index is 1.25. The minimum atomic E-state index is -0.564. The van der Waals surface area contributed by atoms with Crippen molar-refractivity contribution < 1.29 is 9.84 Å². The van der Waals surface area contributed by atoms with Gasteiger partial charge in [-0.1, -0.05) is 24.3 Å². The van der Waals surface area contributed by atoms with Crippen LogP contribution in [0.25, 0.3) is 10.1 Å². The molecule has 2 atom stereocenters. The molecule has 1 aromatic heterocycles. The van der Waals surface area contributed by atoms with Gasteiger partial charge in [0.25, 0.3) is 0 Å². The first-order valence-electron chi connectivity index (χ1n) is 10.7. The van der Waals surface area contributed by atoms with Crippen LogP contribution in [-0.2, 0) is 0 Å². The highest BCUT2D eigenvalue weighted by atomic mass is 32.1. The second-order valence-electron chi connectivity index (χ2n) is 7.84. The maximum absolute atomic E-state index is 10.6. The summed E-state index contributed by atoms with van der Waals surface area (Å²) in [6, 6.07) is 18.5. The molecule has 31 heavy (non-hydrogen) atoms. The van der Waals surface area contributed by atoms with E-state index in [2.05, 4.69) is 50.9 Å². The number of hydrogen-bond donors (Lipinski definition) is 3. The van der Waals surface area contributed by atoms with Crippen LogP contribution < -0.4 is 20.3 Å². The summed E-state index contributed by atoms with van der Waals surface area (Å²) < 4.78 is 6.54. The number of rotatable bonds is 7. The number of hydrogen-bond acceptors (Lipinski definition) is 5. The highest BCUT2D eigenvalue weighted by Gasteiger charge is 2.23. The number of thiophene rings is 1. The van der Waals surface area contributed by atoms with Gasteiger partial charge in [-0.3, -0.25) is 4.99 Å². The molecule has 3 N–H and O–H groups in total. The number of aliphatic hydroxyl groups is 1. The lowest BCUT2D eigenvalue weighted by atomic mass is 10.1. The van der Waals surface area contributed by atoms with E-state index in [9.17, 15) is 5.11 Å². The lowest BCUT2D eigenvalue weighted by molar-refractivity contribution is 0.184. The van der Waals surface area contributed by atoms with Gasteiger partial charge in [0.15, 0.2) is 5.96 Å². The Bertz CT molecular complexity index is 1000. The highest BCUT2D eigenvalue weighted by molar-refractivity contribution is 7.19. The summed E-state index contributed by atoms with van der Waals surface area (Å²) in [5, 5.41) is 18.4. The van der Waals surface area contributed by atoms with Crippen molar-refractivity contribution in [3.8, 4) is 5.75 Å². The summed E-state index contributed by atoms with van der Waals surface area (Å²) in [4.78, 5) is 7.68. The lowest BCUT2D eigenvalue weighted by Gasteiger charge is -2.20. The molecule has 0 spiro atoms.